The molecule has 0 bridgehead atoms. The number of rotatable bonds is 2. The van der Waals surface area contributed by atoms with Crippen LogP contribution in [0, 0.1) is 11.3 Å². The number of fused-ring (bicyclic) bond motifs is 2. The maximum Gasteiger partial charge on any atom is 0.410 e. The lowest BCUT2D eigenvalue weighted by Crippen LogP contribution is -2.41. The van der Waals surface area contributed by atoms with Crippen LogP contribution < -0.4 is 4.90 Å². The number of carbonyl (C=O) groups is 2. The number of amides is 2. The van der Waals surface area contributed by atoms with E-state index >= 15 is 0 Å². The zero-order valence-electron chi connectivity index (χ0n) is 21.8. The lowest BCUT2D eigenvalue weighted by atomic mass is 9.70. The summed E-state index contributed by atoms with van der Waals surface area (Å²) < 4.78 is 5.55. The van der Waals surface area contributed by atoms with E-state index in [4.69, 9.17) is 16.3 Å². The summed E-state index contributed by atoms with van der Waals surface area (Å²) in [7, 11) is 0. The van der Waals surface area contributed by atoms with Crippen LogP contribution in [0.5, 0.6) is 0 Å². The molecule has 194 valence electrons. The Balaban J connectivity index is 1.48. The minimum absolute atomic E-state index is 0.0536. The van der Waals surface area contributed by atoms with Gasteiger partial charge in [-0.05, 0) is 81.7 Å². The fourth-order valence-electron chi connectivity index (χ4n) is 6.24. The van der Waals surface area contributed by atoms with Crippen LogP contribution in [0.3, 0.4) is 0 Å². The van der Waals surface area contributed by atoms with Crippen molar-refractivity contribution in [3.05, 3.63) is 58.1 Å². The Morgan fingerprint density at radius 3 is 2.43 bits per heavy atom. The Morgan fingerprint density at radius 1 is 1.08 bits per heavy atom. The molecule has 2 aliphatic heterocycles. The SMILES string of the molecule is CC(C)(C)OC(=O)N1CCC(c2ccc3c(c2)N(c2cccc(Cl)c2C#N)C(=O)C32CCCCC2)CC1. The number of likely N-dealkylation sites (tertiary alicyclic amines) is 1. The molecule has 3 aliphatic rings. The second kappa shape index (κ2) is 9.68. The Bertz CT molecular complexity index is 1260. The molecule has 1 spiro atoms. The van der Waals surface area contributed by atoms with Gasteiger partial charge < -0.3 is 9.64 Å². The molecular formula is C30H34ClN3O3. The fourth-order valence-corrected chi connectivity index (χ4v) is 6.45. The van der Waals surface area contributed by atoms with Crippen molar-refractivity contribution in [3.63, 3.8) is 0 Å². The van der Waals surface area contributed by atoms with Crippen LogP contribution in [-0.2, 0) is 14.9 Å². The number of benzene rings is 2. The highest BCUT2D eigenvalue weighted by atomic mass is 35.5. The van der Waals surface area contributed by atoms with Crippen LogP contribution in [0.15, 0.2) is 36.4 Å². The van der Waals surface area contributed by atoms with E-state index in [-0.39, 0.29) is 17.9 Å². The van der Waals surface area contributed by atoms with Gasteiger partial charge in [0.25, 0.3) is 0 Å². The summed E-state index contributed by atoms with van der Waals surface area (Å²) in [6, 6.07) is 14.0. The molecule has 2 heterocycles. The molecule has 2 amide bonds. The Morgan fingerprint density at radius 2 is 1.78 bits per heavy atom. The monoisotopic (exact) mass is 519 g/mol. The normalized spacial score (nSPS) is 19.6. The molecular weight excluding hydrogens is 486 g/mol. The average Bonchev–Trinajstić information content (AvgIpc) is 3.10. The summed E-state index contributed by atoms with van der Waals surface area (Å²) in [5.74, 6) is 0.330. The highest BCUT2D eigenvalue weighted by Crippen LogP contribution is 2.54. The first kappa shape index (κ1) is 25.6. The minimum Gasteiger partial charge on any atom is -0.444 e. The third-order valence-electron chi connectivity index (χ3n) is 8.06. The Labute approximate surface area is 224 Å². The molecule has 5 rings (SSSR count). The van der Waals surface area contributed by atoms with Gasteiger partial charge in [-0.1, -0.05) is 49.1 Å². The van der Waals surface area contributed by atoms with Gasteiger partial charge in [0.05, 0.1) is 27.4 Å². The molecule has 37 heavy (non-hydrogen) atoms. The number of carbonyl (C=O) groups excluding carboxylic acids is 2. The summed E-state index contributed by atoms with van der Waals surface area (Å²) >= 11 is 6.39. The lowest BCUT2D eigenvalue weighted by molar-refractivity contribution is -0.123. The number of nitriles is 1. The first-order valence-electron chi connectivity index (χ1n) is 13.3. The summed E-state index contributed by atoms with van der Waals surface area (Å²) in [5, 5.41) is 10.2. The lowest BCUT2D eigenvalue weighted by Gasteiger charge is -2.34. The Hall–Kier alpha value is -3.04. The molecule has 1 saturated carbocycles. The average molecular weight is 520 g/mol. The molecule has 2 aromatic rings. The van der Waals surface area contributed by atoms with Gasteiger partial charge in [0.15, 0.2) is 0 Å². The van der Waals surface area contributed by atoms with Gasteiger partial charge >= 0.3 is 6.09 Å². The molecule has 7 heteroatoms. The zero-order chi connectivity index (χ0) is 26.4. The zero-order valence-corrected chi connectivity index (χ0v) is 22.6. The van der Waals surface area contributed by atoms with Gasteiger partial charge in [0, 0.05) is 13.1 Å². The molecule has 2 aromatic carbocycles. The molecule has 0 N–H and O–H groups in total. The van der Waals surface area contributed by atoms with Crippen LogP contribution in [0.4, 0.5) is 16.2 Å². The predicted octanol–water partition coefficient (Wildman–Crippen LogP) is 7.21. The van der Waals surface area contributed by atoms with E-state index < -0.39 is 11.0 Å². The summed E-state index contributed by atoms with van der Waals surface area (Å²) in [5.41, 5.74) is 2.93. The highest BCUT2D eigenvalue weighted by Gasteiger charge is 2.52. The van der Waals surface area contributed by atoms with Gasteiger partial charge in [0.2, 0.25) is 5.91 Å². The quantitative estimate of drug-likeness (QED) is 0.420. The van der Waals surface area contributed by atoms with Crippen molar-refractivity contribution in [2.45, 2.75) is 82.7 Å². The number of nitrogens with zero attached hydrogens (tertiary/aromatic N) is 3. The van der Waals surface area contributed by atoms with Crippen molar-refractivity contribution in [2.24, 2.45) is 0 Å². The first-order valence-corrected chi connectivity index (χ1v) is 13.7. The third kappa shape index (κ3) is 4.59. The van der Waals surface area contributed by atoms with Crippen LogP contribution in [0.25, 0.3) is 0 Å². The molecule has 0 radical (unpaired) electrons. The number of hydrogen-bond donors (Lipinski definition) is 0. The minimum atomic E-state index is -0.540. The van der Waals surface area contributed by atoms with E-state index in [1.165, 1.54) is 0 Å². The Kier molecular flexibility index (Phi) is 6.70. The van der Waals surface area contributed by atoms with Gasteiger partial charge in [-0.3, -0.25) is 9.69 Å². The molecule has 0 aromatic heterocycles. The van der Waals surface area contributed by atoms with Crippen molar-refractivity contribution in [2.75, 3.05) is 18.0 Å². The molecule has 6 nitrogen and oxygen atoms in total. The van der Waals surface area contributed by atoms with E-state index in [9.17, 15) is 14.9 Å². The van der Waals surface area contributed by atoms with Crippen molar-refractivity contribution in [1.82, 2.24) is 4.90 Å². The summed E-state index contributed by atoms with van der Waals surface area (Å²) in [6.45, 7) is 6.91. The van der Waals surface area contributed by atoms with E-state index in [0.29, 0.717) is 29.4 Å². The van der Waals surface area contributed by atoms with Crippen molar-refractivity contribution in [1.29, 1.82) is 5.26 Å². The number of hydrogen-bond acceptors (Lipinski definition) is 4. The first-order chi connectivity index (χ1) is 17.6. The second-order valence-corrected chi connectivity index (χ2v) is 12.0. The molecule has 0 unspecified atom stereocenters. The maximum atomic E-state index is 14.2. The summed E-state index contributed by atoms with van der Waals surface area (Å²) in [6.07, 6.45) is 6.22. The van der Waals surface area contributed by atoms with Crippen molar-refractivity contribution >= 4 is 35.0 Å². The molecule has 1 aliphatic carbocycles. The van der Waals surface area contributed by atoms with E-state index in [2.05, 4.69) is 24.3 Å². The van der Waals surface area contributed by atoms with Crippen LogP contribution in [0.1, 0.15) is 88.3 Å². The highest BCUT2D eigenvalue weighted by molar-refractivity contribution is 6.32. The van der Waals surface area contributed by atoms with Crippen LogP contribution >= 0.6 is 11.6 Å². The second-order valence-electron chi connectivity index (χ2n) is 11.5. The third-order valence-corrected chi connectivity index (χ3v) is 8.38. The van der Waals surface area contributed by atoms with Gasteiger partial charge in [-0.2, -0.15) is 5.26 Å². The van der Waals surface area contributed by atoms with E-state index in [1.54, 1.807) is 21.9 Å². The summed E-state index contributed by atoms with van der Waals surface area (Å²) in [4.78, 5) is 30.2. The van der Waals surface area contributed by atoms with Crippen LogP contribution in [0.2, 0.25) is 5.02 Å². The molecule has 2 fully saturated rings. The standard InChI is InChI=1S/C30H34ClN3O3/c1-29(2,3)37-28(36)33-16-12-20(13-17-33)21-10-11-23-26(18-21)34(25-9-7-8-24(31)22(25)19-32)27(35)30(23)14-5-4-6-15-30/h7-11,18,20H,4-6,12-17H2,1-3H3. The van der Waals surface area contributed by atoms with E-state index in [0.717, 1.165) is 61.8 Å². The number of halogens is 1. The maximum absolute atomic E-state index is 14.2. The smallest absolute Gasteiger partial charge is 0.410 e. The molecule has 0 atom stereocenters. The van der Waals surface area contributed by atoms with Crippen molar-refractivity contribution < 1.29 is 14.3 Å². The van der Waals surface area contributed by atoms with Gasteiger partial charge in [-0.25, -0.2) is 4.79 Å². The van der Waals surface area contributed by atoms with Crippen LogP contribution in [-0.4, -0.2) is 35.6 Å². The topological polar surface area (TPSA) is 73.6 Å². The van der Waals surface area contributed by atoms with Gasteiger partial charge in [-0.15, -0.1) is 0 Å². The van der Waals surface area contributed by atoms with Crippen molar-refractivity contribution in [3.8, 4) is 6.07 Å². The number of ether oxygens (including phenoxy) is 1. The van der Waals surface area contributed by atoms with E-state index in [1.807, 2.05) is 26.8 Å². The number of piperidine rings is 1. The predicted molar refractivity (Wildman–Crippen MR) is 144 cm³/mol. The van der Waals surface area contributed by atoms with Gasteiger partial charge in [0.1, 0.15) is 11.7 Å². The number of anilines is 2. The fraction of sp³-hybridized carbons (Fsp3) is 0.500. The largest absolute Gasteiger partial charge is 0.444 e. The molecule has 1 saturated heterocycles.